The first-order valence-electron chi connectivity index (χ1n) is 6.67. The Morgan fingerprint density at radius 1 is 1.37 bits per heavy atom. The molecule has 2 nitrogen and oxygen atoms in total. The molecule has 2 atom stereocenters. The molecule has 0 amide bonds. The molecule has 1 N–H and O–H groups in total. The van der Waals surface area contributed by atoms with Crippen LogP contribution in [0.25, 0.3) is 11.0 Å². The molecule has 0 bridgehead atoms. The van der Waals surface area contributed by atoms with Gasteiger partial charge in [0.1, 0.15) is 11.4 Å². The minimum atomic E-state index is -0.122. The van der Waals surface area contributed by atoms with Crippen molar-refractivity contribution in [2.75, 3.05) is 13.1 Å². The van der Waals surface area contributed by atoms with Gasteiger partial charge in [0.2, 0.25) is 0 Å². The third-order valence-electron chi connectivity index (χ3n) is 4.11. The first-order valence-corrected chi connectivity index (χ1v) is 6.67. The van der Waals surface area contributed by atoms with Crippen LogP contribution in [-0.2, 0) is 0 Å². The van der Waals surface area contributed by atoms with Crippen molar-refractivity contribution >= 4 is 23.4 Å². The molecule has 2 heterocycles. The summed E-state index contributed by atoms with van der Waals surface area (Å²) in [5, 5.41) is 4.39. The summed E-state index contributed by atoms with van der Waals surface area (Å²) in [6.07, 6.45) is 3.69. The zero-order chi connectivity index (χ0) is 12.5. The van der Waals surface area contributed by atoms with Gasteiger partial charge in [0.05, 0.1) is 6.26 Å². The van der Waals surface area contributed by atoms with Crippen molar-refractivity contribution < 1.29 is 8.81 Å². The molecule has 1 saturated heterocycles. The number of fused-ring (bicyclic) bond motifs is 1. The lowest BCUT2D eigenvalue weighted by Gasteiger charge is -2.32. The van der Waals surface area contributed by atoms with E-state index >= 15 is 0 Å². The minimum Gasteiger partial charge on any atom is -0.464 e. The summed E-state index contributed by atoms with van der Waals surface area (Å²) < 4.78 is 19.7. The third-order valence-corrected chi connectivity index (χ3v) is 4.11. The van der Waals surface area contributed by atoms with E-state index < -0.39 is 0 Å². The fourth-order valence-corrected chi connectivity index (χ4v) is 3.11. The number of halogens is 2. The van der Waals surface area contributed by atoms with Gasteiger partial charge in [-0.2, -0.15) is 0 Å². The molecule has 0 unspecified atom stereocenters. The summed E-state index contributed by atoms with van der Waals surface area (Å²) in [5.41, 5.74) is 1.52. The van der Waals surface area contributed by atoms with Crippen LogP contribution >= 0.6 is 12.4 Å². The van der Waals surface area contributed by atoms with Crippen LogP contribution in [0.5, 0.6) is 0 Å². The molecular formula is C15H19ClFNO. The Morgan fingerprint density at radius 3 is 3.00 bits per heavy atom. The Kier molecular flexibility index (Phi) is 4.48. The first-order chi connectivity index (χ1) is 8.81. The quantitative estimate of drug-likeness (QED) is 0.898. The van der Waals surface area contributed by atoms with Crippen molar-refractivity contribution in [1.29, 1.82) is 0 Å². The molecular weight excluding hydrogens is 265 g/mol. The van der Waals surface area contributed by atoms with E-state index in [0.717, 1.165) is 42.5 Å². The van der Waals surface area contributed by atoms with Gasteiger partial charge in [0.25, 0.3) is 0 Å². The van der Waals surface area contributed by atoms with Gasteiger partial charge in [0.15, 0.2) is 0 Å². The number of benzene rings is 1. The zero-order valence-corrected chi connectivity index (χ0v) is 11.8. The van der Waals surface area contributed by atoms with Gasteiger partial charge in [-0.1, -0.05) is 13.3 Å². The lowest BCUT2D eigenvalue weighted by molar-refractivity contribution is 0.311. The SMILES string of the molecule is CC[C@@H]1CNCC[C@@H]1c1c(F)ccc2ccoc12.Cl. The molecule has 4 heteroatoms. The highest BCUT2D eigenvalue weighted by molar-refractivity contribution is 5.85. The van der Waals surface area contributed by atoms with Crippen LogP contribution < -0.4 is 5.32 Å². The molecule has 0 spiro atoms. The van der Waals surface area contributed by atoms with E-state index in [-0.39, 0.29) is 24.1 Å². The van der Waals surface area contributed by atoms with E-state index in [1.807, 2.05) is 6.07 Å². The Bertz CT molecular complexity index is 554. The molecule has 1 fully saturated rings. The molecule has 104 valence electrons. The topological polar surface area (TPSA) is 25.2 Å². The second kappa shape index (κ2) is 5.93. The molecule has 1 aliphatic rings. The van der Waals surface area contributed by atoms with Crippen LogP contribution in [0.2, 0.25) is 0 Å². The molecule has 0 saturated carbocycles. The predicted octanol–water partition coefficient (Wildman–Crippen LogP) is 4.10. The second-order valence-corrected chi connectivity index (χ2v) is 5.07. The third kappa shape index (κ3) is 2.49. The normalized spacial score (nSPS) is 23.3. The first kappa shape index (κ1) is 14.4. The van der Waals surface area contributed by atoms with E-state index in [4.69, 9.17) is 4.42 Å². The van der Waals surface area contributed by atoms with E-state index in [1.165, 1.54) is 0 Å². The van der Waals surface area contributed by atoms with Gasteiger partial charge in [-0.25, -0.2) is 4.39 Å². The van der Waals surface area contributed by atoms with E-state index in [0.29, 0.717) is 5.92 Å². The summed E-state index contributed by atoms with van der Waals surface area (Å²) in [7, 11) is 0. The predicted molar refractivity (Wildman–Crippen MR) is 77.4 cm³/mol. The second-order valence-electron chi connectivity index (χ2n) is 5.07. The van der Waals surface area contributed by atoms with Crippen molar-refractivity contribution in [3.63, 3.8) is 0 Å². The maximum atomic E-state index is 14.2. The fraction of sp³-hybridized carbons (Fsp3) is 0.467. The number of hydrogen-bond donors (Lipinski definition) is 1. The Balaban J connectivity index is 0.00000133. The monoisotopic (exact) mass is 283 g/mol. The Hall–Kier alpha value is -1.06. The number of rotatable bonds is 2. The standard InChI is InChI=1S/C15H18FNO.ClH/c1-2-10-9-17-7-5-12(10)14-13(16)4-3-11-6-8-18-15(11)14;/h3-4,6,8,10,12,17H,2,5,7,9H2,1H3;1H/t10-,12+;/m1./s1. The number of hydrogen-bond acceptors (Lipinski definition) is 2. The summed E-state index contributed by atoms with van der Waals surface area (Å²) in [5.74, 6) is 0.637. The van der Waals surface area contributed by atoms with Crippen molar-refractivity contribution in [3.8, 4) is 0 Å². The van der Waals surface area contributed by atoms with Gasteiger partial charge in [-0.15, -0.1) is 12.4 Å². The number of furan rings is 1. The molecule has 19 heavy (non-hydrogen) atoms. The fourth-order valence-electron chi connectivity index (χ4n) is 3.11. The van der Waals surface area contributed by atoms with E-state index in [2.05, 4.69) is 12.2 Å². The molecule has 1 aromatic carbocycles. The summed E-state index contributed by atoms with van der Waals surface area (Å²) in [6.45, 7) is 4.10. The highest BCUT2D eigenvalue weighted by atomic mass is 35.5. The lowest BCUT2D eigenvalue weighted by atomic mass is 9.79. The Labute approximate surface area is 118 Å². The summed E-state index contributed by atoms with van der Waals surface area (Å²) in [6, 6.07) is 5.27. The molecule has 0 aliphatic carbocycles. The highest BCUT2D eigenvalue weighted by Crippen LogP contribution is 2.38. The van der Waals surface area contributed by atoms with Crippen LogP contribution in [0.3, 0.4) is 0 Å². The van der Waals surface area contributed by atoms with Crippen LogP contribution in [0, 0.1) is 11.7 Å². The largest absolute Gasteiger partial charge is 0.464 e. The van der Waals surface area contributed by atoms with Gasteiger partial charge < -0.3 is 9.73 Å². The summed E-state index contributed by atoms with van der Waals surface area (Å²) >= 11 is 0. The molecule has 3 rings (SSSR count). The van der Waals surface area contributed by atoms with Crippen LogP contribution in [0.1, 0.15) is 31.2 Å². The Morgan fingerprint density at radius 2 is 2.21 bits per heavy atom. The van der Waals surface area contributed by atoms with Crippen molar-refractivity contribution in [3.05, 3.63) is 35.8 Å². The number of piperidine rings is 1. The lowest BCUT2D eigenvalue weighted by Crippen LogP contribution is -2.35. The minimum absolute atomic E-state index is 0. The molecule has 2 aromatic rings. The molecule has 1 aliphatic heterocycles. The van der Waals surface area contributed by atoms with Crippen molar-refractivity contribution in [1.82, 2.24) is 5.32 Å². The van der Waals surface area contributed by atoms with E-state index in [1.54, 1.807) is 18.4 Å². The summed E-state index contributed by atoms with van der Waals surface area (Å²) in [4.78, 5) is 0. The van der Waals surface area contributed by atoms with Crippen molar-refractivity contribution in [2.24, 2.45) is 5.92 Å². The maximum Gasteiger partial charge on any atom is 0.140 e. The van der Waals surface area contributed by atoms with E-state index in [9.17, 15) is 4.39 Å². The zero-order valence-electron chi connectivity index (χ0n) is 11.0. The van der Waals surface area contributed by atoms with Gasteiger partial charge in [-0.05, 0) is 49.5 Å². The van der Waals surface area contributed by atoms with Crippen LogP contribution in [0.15, 0.2) is 28.9 Å². The highest BCUT2D eigenvalue weighted by Gasteiger charge is 2.29. The van der Waals surface area contributed by atoms with Gasteiger partial charge >= 0.3 is 0 Å². The van der Waals surface area contributed by atoms with Gasteiger partial charge in [-0.3, -0.25) is 0 Å². The smallest absolute Gasteiger partial charge is 0.140 e. The van der Waals surface area contributed by atoms with Crippen molar-refractivity contribution in [2.45, 2.75) is 25.7 Å². The maximum absolute atomic E-state index is 14.2. The van der Waals surface area contributed by atoms with Gasteiger partial charge in [0, 0.05) is 10.9 Å². The molecule has 1 aromatic heterocycles. The number of nitrogens with one attached hydrogen (secondary N) is 1. The molecule has 0 radical (unpaired) electrons. The van der Waals surface area contributed by atoms with Crippen LogP contribution in [0.4, 0.5) is 4.39 Å². The average molecular weight is 284 g/mol. The average Bonchev–Trinajstić information content (AvgIpc) is 2.87. The van der Waals surface area contributed by atoms with Crippen LogP contribution in [-0.4, -0.2) is 13.1 Å².